The number of likely N-dealkylation sites (N-methyl/N-ethyl adjacent to an activating group) is 1. The van der Waals surface area contributed by atoms with Crippen LogP contribution in [0.2, 0.25) is 0 Å². The largest absolute Gasteiger partial charge is 0.339 e. The Morgan fingerprint density at radius 1 is 1.37 bits per heavy atom. The fourth-order valence-electron chi connectivity index (χ4n) is 2.57. The van der Waals surface area contributed by atoms with Crippen molar-refractivity contribution in [1.29, 1.82) is 0 Å². The first kappa shape index (κ1) is 13.8. The van der Waals surface area contributed by atoms with Crippen LogP contribution in [-0.4, -0.2) is 40.0 Å². The van der Waals surface area contributed by atoms with Gasteiger partial charge in [-0.1, -0.05) is 12.1 Å². The van der Waals surface area contributed by atoms with Crippen molar-refractivity contribution in [2.24, 2.45) is 5.92 Å². The third kappa shape index (κ3) is 3.28. The van der Waals surface area contributed by atoms with Crippen LogP contribution < -0.4 is 5.32 Å². The van der Waals surface area contributed by atoms with Crippen LogP contribution in [0.1, 0.15) is 36.7 Å². The summed E-state index contributed by atoms with van der Waals surface area (Å²) in [4.78, 5) is 4.63. The van der Waals surface area contributed by atoms with E-state index < -0.39 is 0 Å². The maximum Gasteiger partial charge on any atom is 0.228 e. The quantitative estimate of drug-likeness (QED) is 0.901. The van der Waals surface area contributed by atoms with Gasteiger partial charge >= 0.3 is 0 Å². The zero-order valence-corrected chi connectivity index (χ0v) is 13.1. The topological polar surface area (TPSA) is 51.0 Å². The minimum absolute atomic E-state index is 0.394. The van der Waals surface area contributed by atoms with Crippen molar-refractivity contribution in [3.8, 4) is 0 Å². The predicted molar refractivity (Wildman–Crippen MR) is 80.7 cm³/mol. The summed E-state index contributed by atoms with van der Waals surface area (Å²) in [6.45, 7) is 2.26. The zero-order chi connectivity index (χ0) is 13.2. The van der Waals surface area contributed by atoms with E-state index in [0.29, 0.717) is 16.5 Å². The molecule has 1 aliphatic carbocycles. The number of nitrogens with one attached hydrogen (secondary N) is 1. The Bertz CT molecular complexity index is 422. The fourth-order valence-corrected chi connectivity index (χ4v) is 5.25. The third-order valence-corrected chi connectivity index (χ3v) is 6.97. The Hall–Kier alpha value is -0.200. The minimum atomic E-state index is 0.394. The van der Waals surface area contributed by atoms with Gasteiger partial charge < -0.3 is 9.84 Å². The fraction of sp³-hybridized carbons (Fsp3) is 0.846. The van der Waals surface area contributed by atoms with E-state index in [1.54, 1.807) is 0 Å². The Labute approximate surface area is 122 Å². The predicted octanol–water partition coefficient (Wildman–Crippen LogP) is 2.52. The summed E-state index contributed by atoms with van der Waals surface area (Å²) < 4.78 is 5.45. The number of rotatable bonds is 5. The van der Waals surface area contributed by atoms with Crippen LogP contribution >= 0.6 is 23.5 Å². The smallest absolute Gasteiger partial charge is 0.228 e. The lowest BCUT2D eigenvalue weighted by Crippen LogP contribution is -2.29. The molecule has 0 radical (unpaired) electrons. The molecule has 2 fully saturated rings. The first-order chi connectivity index (χ1) is 9.28. The Morgan fingerprint density at radius 2 is 2.16 bits per heavy atom. The summed E-state index contributed by atoms with van der Waals surface area (Å²) in [6, 6.07) is 0.499. The highest BCUT2D eigenvalue weighted by molar-refractivity contribution is 8.06. The number of hydrogen-bond donors (Lipinski definition) is 1. The number of aromatic nitrogens is 2. The van der Waals surface area contributed by atoms with Crippen LogP contribution in [0.25, 0.3) is 0 Å². The van der Waals surface area contributed by atoms with E-state index in [1.165, 1.54) is 24.3 Å². The van der Waals surface area contributed by atoms with Crippen molar-refractivity contribution in [2.75, 3.05) is 18.6 Å². The molecule has 1 N–H and O–H groups in total. The Kier molecular flexibility index (Phi) is 4.39. The van der Waals surface area contributed by atoms with Gasteiger partial charge in [0, 0.05) is 29.2 Å². The van der Waals surface area contributed by atoms with Crippen molar-refractivity contribution in [3.63, 3.8) is 0 Å². The minimum Gasteiger partial charge on any atom is -0.339 e. The van der Waals surface area contributed by atoms with Crippen LogP contribution in [0.4, 0.5) is 0 Å². The SMILES string of the molecule is CNC(Cc1nc(C2SCCSC2C)no1)C1CC1. The molecule has 0 bridgehead atoms. The summed E-state index contributed by atoms with van der Waals surface area (Å²) in [5.74, 6) is 4.91. The molecule has 0 spiro atoms. The molecule has 1 saturated heterocycles. The highest BCUT2D eigenvalue weighted by Crippen LogP contribution is 2.41. The first-order valence-corrected chi connectivity index (χ1v) is 9.10. The number of nitrogens with zero attached hydrogens (tertiary/aromatic N) is 2. The summed E-state index contributed by atoms with van der Waals surface area (Å²) in [6.07, 6.45) is 3.53. The van der Waals surface area contributed by atoms with E-state index in [1.807, 2.05) is 30.6 Å². The molecule has 1 aliphatic heterocycles. The maximum atomic E-state index is 5.45. The molecule has 6 heteroatoms. The Morgan fingerprint density at radius 3 is 2.84 bits per heavy atom. The molecule has 2 heterocycles. The van der Waals surface area contributed by atoms with Crippen LogP contribution in [0, 0.1) is 5.92 Å². The maximum absolute atomic E-state index is 5.45. The molecular weight excluding hydrogens is 278 g/mol. The molecule has 2 aliphatic rings. The molecular formula is C13H21N3OS2. The average Bonchev–Trinajstić information content (AvgIpc) is 3.16. The molecule has 1 aromatic rings. The molecule has 1 saturated carbocycles. The van der Waals surface area contributed by atoms with Gasteiger partial charge in [-0.15, -0.1) is 11.8 Å². The highest BCUT2D eigenvalue weighted by atomic mass is 32.2. The summed E-state index contributed by atoms with van der Waals surface area (Å²) in [5, 5.41) is 8.55. The van der Waals surface area contributed by atoms with Gasteiger partial charge in [-0.05, 0) is 25.8 Å². The number of hydrogen-bond acceptors (Lipinski definition) is 6. The van der Waals surface area contributed by atoms with Gasteiger partial charge in [0.2, 0.25) is 5.89 Å². The molecule has 1 aromatic heterocycles. The van der Waals surface area contributed by atoms with Gasteiger partial charge in [-0.2, -0.15) is 16.7 Å². The van der Waals surface area contributed by atoms with Gasteiger partial charge in [0.05, 0.1) is 5.25 Å². The lowest BCUT2D eigenvalue weighted by atomic mass is 10.1. The molecule has 3 rings (SSSR count). The second-order valence-corrected chi connectivity index (χ2v) is 8.08. The summed E-state index contributed by atoms with van der Waals surface area (Å²) >= 11 is 3.97. The summed E-state index contributed by atoms with van der Waals surface area (Å²) in [5.41, 5.74) is 0. The monoisotopic (exact) mass is 299 g/mol. The Balaban J connectivity index is 1.64. The molecule has 106 valence electrons. The van der Waals surface area contributed by atoms with E-state index in [9.17, 15) is 0 Å². The van der Waals surface area contributed by atoms with E-state index in [2.05, 4.69) is 22.4 Å². The second-order valence-electron chi connectivity index (χ2n) is 5.35. The highest BCUT2D eigenvalue weighted by Gasteiger charge is 2.33. The standard InChI is InChI=1S/C13H21N3OS2/c1-8-12(19-6-5-18-8)13-15-11(17-16-13)7-10(14-2)9-3-4-9/h8-10,12,14H,3-7H2,1-2H3. The lowest BCUT2D eigenvalue weighted by molar-refractivity contribution is 0.348. The molecule has 19 heavy (non-hydrogen) atoms. The van der Waals surface area contributed by atoms with Crippen LogP contribution in [0.15, 0.2) is 4.52 Å². The van der Waals surface area contributed by atoms with Gasteiger partial charge in [0.1, 0.15) is 0 Å². The average molecular weight is 299 g/mol. The van der Waals surface area contributed by atoms with Crippen LogP contribution in [0.5, 0.6) is 0 Å². The van der Waals surface area contributed by atoms with Crippen molar-refractivity contribution in [1.82, 2.24) is 15.5 Å². The molecule has 3 atom stereocenters. The number of thioether (sulfide) groups is 2. The van der Waals surface area contributed by atoms with Gasteiger partial charge in [-0.3, -0.25) is 0 Å². The van der Waals surface area contributed by atoms with Gasteiger partial charge in [-0.25, -0.2) is 0 Å². The zero-order valence-electron chi connectivity index (χ0n) is 11.5. The first-order valence-electron chi connectivity index (χ1n) is 7.01. The normalized spacial score (nSPS) is 29.4. The van der Waals surface area contributed by atoms with E-state index in [-0.39, 0.29) is 0 Å². The third-order valence-electron chi connectivity index (χ3n) is 3.88. The van der Waals surface area contributed by atoms with Gasteiger partial charge in [0.15, 0.2) is 5.82 Å². The van der Waals surface area contributed by atoms with E-state index >= 15 is 0 Å². The van der Waals surface area contributed by atoms with E-state index in [0.717, 1.165) is 24.1 Å². The van der Waals surface area contributed by atoms with Crippen molar-refractivity contribution < 1.29 is 4.52 Å². The van der Waals surface area contributed by atoms with Crippen molar-refractivity contribution in [3.05, 3.63) is 11.7 Å². The lowest BCUT2D eigenvalue weighted by Gasteiger charge is -2.24. The van der Waals surface area contributed by atoms with Gasteiger partial charge in [0.25, 0.3) is 0 Å². The van der Waals surface area contributed by atoms with Crippen molar-refractivity contribution >= 4 is 23.5 Å². The van der Waals surface area contributed by atoms with E-state index in [4.69, 9.17) is 4.52 Å². The van der Waals surface area contributed by atoms with Crippen LogP contribution in [0.3, 0.4) is 0 Å². The second kappa shape index (κ2) is 6.06. The van der Waals surface area contributed by atoms with Crippen LogP contribution in [-0.2, 0) is 6.42 Å². The molecule has 0 aromatic carbocycles. The molecule has 3 unspecified atom stereocenters. The van der Waals surface area contributed by atoms with Crippen molar-refractivity contribution in [2.45, 2.75) is 42.7 Å². The molecule has 4 nitrogen and oxygen atoms in total. The molecule has 0 amide bonds. The summed E-state index contributed by atoms with van der Waals surface area (Å²) in [7, 11) is 2.02.